The molecule has 0 saturated carbocycles. The summed E-state index contributed by atoms with van der Waals surface area (Å²) in [5.41, 5.74) is 5.49. The van der Waals surface area contributed by atoms with Gasteiger partial charge in [0.25, 0.3) is 0 Å². The third-order valence-corrected chi connectivity index (χ3v) is 2.81. The van der Waals surface area contributed by atoms with Crippen molar-refractivity contribution in [1.29, 1.82) is 0 Å². The Morgan fingerprint density at radius 1 is 1.58 bits per heavy atom. The molecule has 0 aliphatic rings. The molecule has 0 radical (unpaired) electrons. The van der Waals surface area contributed by atoms with Gasteiger partial charge in [-0.05, 0) is 22.0 Å². The number of anilines is 1. The smallest absolute Gasteiger partial charge is 0.180 e. The van der Waals surface area contributed by atoms with Gasteiger partial charge in [-0.25, -0.2) is 4.98 Å². The first-order valence-corrected chi connectivity index (χ1v) is 4.83. The van der Waals surface area contributed by atoms with Crippen LogP contribution in [-0.4, -0.2) is 4.98 Å². The van der Waals surface area contributed by atoms with Crippen molar-refractivity contribution in [2.45, 2.75) is 0 Å². The molecule has 0 aliphatic carbocycles. The maximum atomic E-state index is 5.49. The number of rotatable bonds is 1. The molecule has 0 spiro atoms. The zero-order valence-corrected chi connectivity index (χ0v) is 8.35. The summed E-state index contributed by atoms with van der Waals surface area (Å²) in [5.74, 6) is 0.782. The number of thiazole rings is 1. The highest BCUT2D eigenvalue weighted by Gasteiger charge is 2.08. The second-order valence-electron chi connectivity index (χ2n) is 2.16. The number of aromatic nitrogens is 1. The summed E-state index contributed by atoms with van der Waals surface area (Å²) in [4.78, 5) is 4.86. The van der Waals surface area contributed by atoms with Gasteiger partial charge in [0.15, 0.2) is 10.9 Å². The molecule has 0 unspecified atom stereocenters. The zero-order chi connectivity index (χ0) is 8.55. The van der Waals surface area contributed by atoms with E-state index in [-0.39, 0.29) is 0 Å². The highest BCUT2D eigenvalue weighted by molar-refractivity contribution is 9.10. The Kier molecular flexibility index (Phi) is 1.90. The first-order chi connectivity index (χ1) is 5.77. The summed E-state index contributed by atoms with van der Waals surface area (Å²) >= 11 is 4.76. The lowest BCUT2D eigenvalue weighted by atomic mass is 10.4. The van der Waals surface area contributed by atoms with Crippen molar-refractivity contribution in [1.82, 2.24) is 4.98 Å². The summed E-state index contributed by atoms with van der Waals surface area (Å²) < 4.78 is 6.15. The van der Waals surface area contributed by atoms with Gasteiger partial charge < -0.3 is 10.2 Å². The van der Waals surface area contributed by atoms with Crippen LogP contribution < -0.4 is 5.73 Å². The van der Waals surface area contributed by atoms with E-state index in [2.05, 4.69) is 20.9 Å². The van der Waals surface area contributed by atoms with Crippen molar-refractivity contribution in [2.75, 3.05) is 5.73 Å². The van der Waals surface area contributed by atoms with E-state index in [4.69, 9.17) is 10.2 Å². The van der Waals surface area contributed by atoms with Gasteiger partial charge in [-0.15, -0.1) is 0 Å². The number of furan rings is 1. The van der Waals surface area contributed by atoms with Crippen molar-refractivity contribution in [3.63, 3.8) is 0 Å². The van der Waals surface area contributed by atoms with Crippen LogP contribution in [0.4, 0.5) is 5.13 Å². The second-order valence-corrected chi connectivity index (χ2v) is 4.08. The predicted octanol–water partition coefficient (Wildman–Crippen LogP) is 2.75. The van der Waals surface area contributed by atoms with Crippen molar-refractivity contribution in [2.24, 2.45) is 0 Å². The fourth-order valence-electron chi connectivity index (χ4n) is 0.862. The number of nitrogen functional groups attached to an aromatic ring is 1. The van der Waals surface area contributed by atoms with E-state index in [9.17, 15) is 0 Å². The molecule has 2 N–H and O–H groups in total. The summed E-state index contributed by atoms with van der Waals surface area (Å²) in [6.07, 6.45) is 3.32. The lowest BCUT2D eigenvalue weighted by Gasteiger charge is -1.88. The van der Waals surface area contributed by atoms with Crippen molar-refractivity contribution >= 4 is 32.4 Å². The molecule has 2 aromatic rings. The number of nitrogens with two attached hydrogens (primary N) is 1. The highest BCUT2D eigenvalue weighted by atomic mass is 79.9. The number of hydrogen-bond donors (Lipinski definition) is 1. The maximum absolute atomic E-state index is 5.49. The predicted molar refractivity (Wildman–Crippen MR) is 51.9 cm³/mol. The van der Waals surface area contributed by atoms with E-state index in [0.29, 0.717) is 5.13 Å². The topological polar surface area (TPSA) is 52.0 Å². The molecular weight excluding hydrogens is 240 g/mol. The standard InChI is InChI=1S/C7H5BrN2OS/c8-4-1-2-11-6(4)5-3-10-7(9)12-5/h1-3H,(H2,9,10). The van der Waals surface area contributed by atoms with Gasteiger partial charge in [-0.3, -0.25) is 0 Å². The van der Waals surface area contributed by atoms with E-state index >= 15 is 0 Å². The van der Waals surface area contributed by atoms with Gasteiger partial charge in [-0.1, -0.05) is 11.3 Å². The Morgan fingerprint density at radius 3 is 2.92 bits per heavy atom. The highest BCUT2D eigenvalue weighted by Crippen LogP contribution is 2.33. The van der Waals surface area contributed by atoms with Crippen LogP contribution >= 0.6 is 27.3 Å². The molecule has 0 bridgehead atoms. The van der Waals surface area contributed by atoms with Crippen LogP contribution in [0.25, 0.3) is 10.6 Å². The molecule has 5 heteroatoms. The van der Waals surface area contributed by atoms with Crippen LogP contribution in [-0.2, 0) is 0 Å². The fraction of sp³-hybridized carbons (Fsp3) is 0. The van der Waals surface area contributed by atoms with Crippen molar-refractivity contribution < 1.29 is 4.42 Å². The molecule has 12 heavy (non-hydrogen) atoms. The Morgan fingerprint density at radius 2 is 2.42 bits per heavy atom. The molecule has 0 amide bonds. The van der Waals surface area contributed by atoms with E-state index < -0.39 is 0 Å². The van der Waals surface area contributed by atoms with Crippen LogP contribution in [0.3, 0.4) is 0 Å². The fourth-order valence-corrected chi connectivity index (χ4v) is 2.10. The molecule has 2 heterocycles. The largest absolute Gasteiger partial charge is 0.462 e. The number of nitrogens with zero attached hydrogens (tertiary/aromatic N) is 1. The molecule has 2 aromatic heterocycles. The number of halogens is 1. The lowest BCUT2D eigenvalue weighted by Crippen LogP contribution is -1.77. The normalized spacial score (nSPS) is 10.4. The van der Waals surface area contributed by atoms with Crippen molar-refractivity contribution in [3.05, 3.63) is 23.0 Å². The molecule has 62 valence electrons. The Balaban J connectivity index is 2.50. The van der Waals surface area contributed by atoms with E-state index in [1.807, 2.05) is 6.07 Å². The van der Waals surface area contributed by atoms with Gasteiger partial charge >= 0.3 is 0 Å². The summed E-state index contributed by atoms with van der Waals surface area (Å²) in [5, 5.41) is 0.549. The van der Waals surface area contributed by atoms with E-state index in [0.717, 1.165) is 15.1 Å². The third kappa shape index (κ3) is 1.25. The number of hydrogen-bond acceptors (Lipinski definition) is 4. The van der Waals surface area contributed by atoms with Gasteiger partial charge in [-0.2, -0.15) is 0 Å². The van der Waals surface area contributed by atoms with Gasteiger partial charge in [0.05, 0.1) is 21.8 Å². The van der Waals surface area contributed by atoms with Gasteiger partial charge in [0.2, 0.25) is 0 Å². The van der Waals surface area contributed by atoms with Gasteiger partial charge in [0, 0.05) is 0 Å². The van der Waals surface area contributed by atoms with E-state index in [1.165, 1.54) is 11.3 Å². The molecule has 0 atom stereocenters. The van der Waals surface area contributed by atoms with Crippen LogP contribution in [0.15, 0.2) is 27.4 Å². The first-order valence-electron chi connectivity index (χ1n) is 3.22. The Labute approximate surface area is 81.4 Å². The third-order valence-electron chi connectivity index (χ3n) is 1.36. The average molecular weight is 245 g/mol. The van der Waals surface area contributed by atoms with Crippen LogP contribution in [0.1, 0.15) is 0 Å². The first kappa shape index (κ1) is 7.82. The van der Waals surface area contributed by atoms with Crippen LogP contribution in [0, 0.1) is 0 Å². The molecule has 2 rings (SSSR count). The minimum absolute atomic E-state index is 0.549. The van der Waals surface area contributed by atoms with E-state index in [1.54, 1.807) is 12.5 Å². The average Bonchev–Trinajstić information content (AvgIpc) is 2.58. The summed E-state index contributed by atoms with van der Waals surface area (Å²) in [6.45, 7) is 0. The molecule has 0 saturated heterocycles. The monoisotopic (exact) mass is 244 g/mol. The van der Waals surface area contributed by atoms with Crippen LogP contribution in [0.5, 0.6) is 0 Å². The van der Waals surface area contributed by atoms with Crippen molar-refractivity contribution in [3.8, 4) is 10.6 Å². The minimum Gasteiger partial charge on any atom is -0.462 e. The minimum atomic E-state index is 0.549. The molecule has 0 aromatic carbocycles. The lowest BCUT2D eigenvalue weighted by molar-refractivity contribution is 0.582. The molecule has 0 aliphatic heterocycles. The summed E-state index contributed by atoms with van der Waals surface area (Å²) in [6, 6.07) is 1.84. The molecule has 3 nitrogen and oxygen atoms in total. The Hall–Kier alpha value is -0.810. The Bertz CT molecular complexity index is 396. The second kappa shape index (κ2) is 2.91. The summed E-state index contributed by atoms with van der Waals surface area (Å²) in [7, 11) is 0. The quantitative estimate of drug-likeness (QED) is 0.840. The van der Waals surface area contributed by atoms with Gasteiger partial charge in [0.1, 0.15) is 0 Å². The molecular formula is C7H5BrN2OS. The molecule has 0 fully saturated rings. The zero-order valence-electron chi connectivity index (χ0n) is 5.95. The SMILES string of the molecule is Nc1ncc(-c2occc2Br)s1. The maximum Gasteiger partial charge on any atom is 0.180 e. The van der Waals surface area contributed by atoms with Crippen LogP contribution in [0.2, 0.25) is 0 Å².